The Balaban J connectivity index is 1.77. The number of aromatic nitrogens is 1. The Morgan fingerprint density at radius 2 is 1.92 bits per heavy atom. The Hall–Kier alpha value is -2.63. The predicted octanol–water partition coefficient (Wildman–Crippen LogP) is 5.87. The second kappa shape index (κ2) is 5.44. The number of ether oxygens (including phenoxy) is 1. The summed E-state index contributed by atoms with van der Waals surface area (Å²) in [7, 11) is 0. The molecule has 0 unspecified atom stereocenters. The molecule has 1 aliphatic rings. The number of rotatable bonds is 3. The van der Waals surface area contributed by atoms with Crippen LogP contribution in [0.3, 0.4) is 0 Å². The van der Waals surface area contributed by atoms with E-state index in [0.717, 1.165) is 23.7 Å². The third-order valence-corrected chi connectivity index (χ3v) is 4.49. The average Bonchev–Trinajstić information content (AvgIpc) is 3.28. The van der Waals surface area contributed by atoms with Gasteiger partial charge < -0.3 is 14.8 Å². The van der Waals surface area contributed by atoms with Gasteiger partial charge in [0, 0.05) is 17.1 Å². The van der Waals surface area contributed by atoms with Gasteiger partial charge in [0.05, 0.1) is 0 Å². The van der Waals surface area contributed by atoms with Gasteiger partial charge in [-0.25, -0.2) is 0 Å². The Morgan fingerprint density at radius 3 is 2.60 bits per heavy atom. The summed E-state index contributed by atoms with van der Waals surface area (Å²) in [6, 6.07) is 7.16. The third-order valence-electron chi connectivity index (χ3n) is 4.49. The number of phenols is 1. The molecule has 0 bridgehead atoms. The van der Waals surface area contributed by atoms with Crippen molar-refractivity contribution in [2.75, 3.05) is 0 Å². The molecule has 0 spiro atoms. The largest absolute Gasteiger partial charge is 0.508 e. The molecule has 1 fully saturated rings. The first-order chi connectivity index (χ1) is 11.8. The molecule has 4 rings (SSSR count). The molecule has 1 aromatic heterocycles. The number of halogens is 3. The van der Waals surface area contributed by atoms with Gasteiger partial charge >= 0.3 is 6.18 Å². The van der Waals surface area contributed by atoms with Crippen molar-refractivity contribution in [1.29, 1.82) is 0 Å². The predicted molar refractivity (Wildman–Crippen MR) is 88.2 cm³/mol. The van der Waals surface area contributed by atoms with E-state index in [4.69, 9.17) is 4.74 Å². The number of nitrogens with one attached hydrogen (secondary N) is 1. The molecule has 130 valence electrons. The lowest BCUT2D eigenvalue weighted by Gasteiger charge is -2.16. The molecule has 0 atom stereocenters. The van der Waals surface area contributed by atoms with Crippen LogP contribution in [0.4, 0.5) is 13.2 Å². The minimum absolute atomic E-state index is 0.226. The second-order valence-electron chi connectivity index (χ2n) is 6.46. The van der Waals surface area contributed by atoms with E-state index in [9.17, 15) is 18.3 Å². The fourth-order valence-corrected chi connectivity index (χ4v) is 3.14. The molecule has 0 aliphatic heterocycles. The van der Waals surface area contributed by atoms with Crippen molar-refractivity contribution >= 4 is 10.9 Å². The Bertz CT molecular complexity index is 955. The summed E-state index contributed by atoms with van der Waals surface area (Å²) in [4.78, 5) is 3.19. The van der Waals surface area contributed by atoms with Crippen LogP contribution in [-0.2, 0) is 6.18 Å². The normalized spacial score (nSPS) is 14.9. The fraction of sp³-hybridized carbons (Fsp3) is 0.263. The van der Waals surface area contributed by atoms with Crippen LogP contribution >= 0.6 is 0 Å². The monoisotopic (exact) mass is 347 g/mol. The van der Waals surface area contributed by atoms with E-state index in [1.807, 2.05) is 6.20 Å². The van der Waals surface area contributed by atoms with E-state index in [2.05, 4.69) is 4.98 Å². The number of benzene rings is 2. The van der Waals surface area contributed by atoms with Crippen molar-refractivity contribution in [3.63, 3.8) is 0 Å². The molecule has 2 N–H and O–H groups in total. The zero-order valence-electron chi connectivity index (χ0n) is 13.4. The zero-order chi connectivity index (χ0) is 17.8. The third kappa shape index (κ3) is 2.92. The van der Waals surface area contributed by atoms with Crippen LogP contribution in [-0.4, -0.2) is 10.1 Å². The minimum atomic E-state index is -4.61. The van der Waals surface area contributed by atoms with Crippen molar-refractivity contribution in [3.05, 3.63) is 53.2 Å². The number of hydrogen-bond donors (Lipinski definition) is 2. The first-order valence-corrected chi connectivity index (χ1v) is 8.02. The van der Waals surface area contributed by atoms with Crippen molar-refractivity contribution in [2.24, 2.45) is 0 Å². The quantitative estimate of drug-likeness (QED) is 0.622. The van der Waals surface area contributed by atoms with Gasteiger partial charge in [-0.1, -0.05) is 0 Å². The van der Waals surface area contributed by atoms with Crippen LogP contribution in [0.1, 0.15) is 35.4 Å². The molecule has 1 aliphatic carbocycles. The number of phenolic OH excluding ortho intramolecular Hbond substituents is 1. The standard InChI is InChI=1S/C19H16F3NO2/c1-10-6-12(24)7-16(19(20,21)22)18(10)25-13-4-5-17-14(8-13)15(9-23-17)11-2-3-11/h4-9,11,23-24H,2-3H2,1H3. The van der Waals surface area contributed by atoms with Crippen molar-refractivity contribution < 1.29 is 23.0 Å². The SMILES string of the molecule is Cc1cc(O)cc(C(F)(F)F)c1Oc1ccc2[nH]cc(C3CC3)c2c1. The van der Waals surface area contributed by atoms with Crippen LogP contribution in [0.2, 0.25) is 0 Å². The minimum Gasteiger partial charge on any atom is -0.508 e. The van der Waals surface area contributed by atoms with Gasteiger partial charge in [0.25, 0.3) is 0 Å². The van der Waals surface area contributed by atoms with Gasteiger partial charge in [0.1, 0.15) is 22.8 Å². The van der Waals surface area contributed by atoms with E-state index in [-0.39, 0.29) is 11.3 Å². The molecule has 6 heteroatoms. The van der Waals surface area contributed by atoms with E-state index < -0.39 is 17.5 Å². The van der Waals surface area contributed by atoms with Crippen molar-refractivity contribution in [1.82, 2.24) is 4.98 Å². The molecule has 1 saturated carbocycles. The maximum Gasteiger partial charge on any atom is 0.420 e. The fourth-order valence-electron chi connectivity index (χ4n) is 3.14. The number of alkyl halides is 3. The summed E-state index contributed by atoms with van der Waals surface area (Å²) in [6.07, 6.45) is -0.393. The summed E-state index contributed by atoms with van der Waals surface area (Å²) in [6.45, 7) is 1.48. The summed E-state index contributed by atoms with van der Waals surface area (Å²) in [5, 5.41) is 10.5. The highest BCUT2D eigenvalue weighted by Crippen LogP contribution is 2.45. The van der Waals surface area contributed by atoms with E-state index >= 15 is 0 Å². The molecule has 0 saturated heterocycles. The maximum absolute atomic E-state index is 13.3. The average molecular weight is 347 g/mol. The number of hydrogen-bond acceptors (Lipinski definition) is 2. The first kappa shape index (κ1) is 15.9. The molecule has 3 nitrogen and oxygen atoms in total. The van der Waals surface area contributed by atoms with Gasteiger partial charge in [-0.2, -0.15) is 13.2 Å². The topological polar surface area (TPSA) is 45.2 Å². The smallest absolute Gasteiger partial charge is 0.420 e. The van der Waals surface area contributed by atoms with Crippen molar-refractivity contribution in [3.8, 4) is 17.2 Å². The number of aryl methyl sites for hydroxylation is 1. The molecule has 1 heterocycles. The summed E-state index contributed by atoms with van der Waals surface area (Å²) >= 11 is 0. The van der Waals surface area contributed by atoms with Crippen molar-refractivity contribution in [2.45, 2.75) is 31.9 Å². The van der Waals surface area contributed by atoms with Crippen LogP contribution in [0.15, 0.2) is 36.5 Å². The Kier molecular flexibility index (Phi) is 3.45. The number of aromatic hydroxyl groups is 1. The van der Waals surface area contributed by atoms with Gasteiger partial charge in [0.15, 0.2) is 0 Å². The van der Waals surface area contributed by atoms with Crippen LogP contribution < -0.4 is 4.74 Å². The Labute approximate surface area is 142 Å². The summed E-state index contributed by atoms with van der Waals surface area (Å²) < 4.78 is 45.5. The molecule has 25 heavy (non-hydrogen) atoms. The van der Waals surface area contributed by atoms with E-state index in [1.165, 1.54) is 18.6 Å². The zero-order valence-corrected chi connectivity index (χ0v) is 13.4. The number of fused-ring (bicyclic) bond motifs is 1. The molecule has 3 aromatic rings. The van der Waals surface area contributed by atoms with Gasteiger partial charge in [-0.3, -0.25) is 0 Å². The lowest BCUT2D eigenvalue weighted by atomic mass is 10.1. The second-order valence-corrected chi connectivity index (χ2v) is 6.46. The molecular weight excluding hydrogens is 331 g/mol. The van der Waals surface area contributed by atoms with E-state index in [1.54, 1.807) is 18.2 Å². The van der Waals surface area contributed by atoms with Crippen LogP contribution in [0, 0.1) is 6.92 Å². The van der Waals surface area contributed by atoms with Crippen LogP contribution in [0.25, 0.3) is 10.9 Å². The molecular formula is C19H16F3NO2. The van der Waals surface area contributed by atoms with Crippen LogP contribution in [0.5, 0.6) is 17.2 Å². The molecule has 0 radical (unpaired) electrons. The highest BCUT2D eigenvalue weighted by atomic mass is 19.4. The molecule has 2 aromatic carbocycles. The highest BCUT2D eigenvalue weighted by molar-refractivity contribution is 5.85. The highest BCUT2D eigenvalue weighted by Gasteiger charge is 2.36. The summed E-state index contributed by atoms with van der Waals surface area (Å²) in [5.41, 5.74) is 1.36. The number of aromatic amines is 1. The van der Waals surface area contributed by atoms with E-state index in [0.29, 0.717) is 17.7 Å². The first-order valence-electron chi connectivity index (χ1n) is 8.02. The molecule has 0 amide bonds. The van der Waals surface area contributed by atoms with Gasteiger partial charge in [-0.05, 0) is 67.1 Å². The van der Waals surface area contributed by atoms with Gasteiger partial charge in [0.2, 0.25) is 0 Å². The lowest BCUT2D eigenvalue weighted by Crippen LogP contribution is -2.08. The Morgan fingerprint density at radius 1 is 1.16 bits per heavy atom. The number of H-pyrrole nitrogens is 1. The lowest BCUT2D eigenvalue weighted by molar-refractivity contribution is -0.138. The summed E-state index contributed by atoms with van der Waals surface area (Å²) in [5.74, 6) is 0.140. The van der Waals surface area contributed by atoms with Gasteiger partial charge in [-0.15, -0.1) is 0 Å². The maximum atomic E-state index is 13.3.